The Kier molecular flexibility index (Phi) is 7.37. The van der Waals surface area contributed by atoms with E-state index >= 15 is 0 Å². The van der Waals surface area contributed by atoms with Crippen LogP contribution in [0.25, 0.3) is 0 Å². The van der Waals surface area contributed by atoms with E-state index in [0.717, 1.165) is 14.3 Å². The van der Waals surface area contributed by atoms with Gasteiger partial charge >= 0.3 is 0 Å². The van der Waals surface area contributed by atoms with Gasteiger partial charge in [-0.1, -0.05) is 24.3 Å². The van der Waals surface area contributed by atoms with E-state index in [0.29, 0.717) is 17.3 Å². The molecule has 0 aliphatic heterocycles. The largest absolute Gasteiger partial charge is 0.495 e. The van der Waals surface area contributed by atoms with E-state index in [1.165, 1.54) is 25.5 Å². The van der Waals surface area contributed by atoms with Crippen molar-refractivity contribution in [1.82, 2.24) is 5.43 Å². The van der Waals surface area contributed by atoms with Crippen LogP contribution in [0.3, 0.4) is 0 Å². The molecule has 0 fully saturated rings. The van der Waals surface area contributed by atoms with Crippen molar-refractivity contribution in [3.63, 3.8) is 0 Å². The molecule has 0 bridgehead atoms. The second-order valence-corrected chi connectivity index (χ2v) is 9.56. The van der Waals surface area contributed by atoms with Crippen LogP contribution in [0, 0.1) is 13.8 Å². The number of hydrogen-bond donors (Lipinski definition) is 1. The summed E-state index contributed by atoms with van der Waals surface area (Å²) in [6.45, 7) is 3.10. The number of nitrogens with one attached hydrogen (secondary N) is 1. The molecule has 0 unspecified atom stereocenters. The van der Waals surface area contributed by atoms with Crippen LogP contribution in [0.1, 0.15) is 17.1 Å². The van der Waals surface area contributed by atoms with E-state index in [4.69, 9.17) is 9.15 Å². The molecule has 3 rings (SSSR count). The molecule has 0 saturated heterocycles. The zero-order valence-corrected chi connectivity index (χ0v) is 20.1. The fraction of sp³-hybridized carbons (Fsp3) is 0.182. The summed E-state index contributed by atoms with van der Waals surface area (Å²) in [5, 5.41) is 3.87. The molecular formula is C22H22BrN3O5S. The first kappa shape index (κ1) is 23.6. The monoisotopic (exact) mass is 519 g/mol. The molecule has 0 spiro atoms. The highest BCUT2D eigenvalue weighted by Gasteiger charge is 2.29. The summed E-state index contributed by atoms with van der Waals surface area (Å²) >= 11 is 3.33. The van der Waals surface area contributed by atoms with E-state index in [-0.39, 0.29) is 10.6 Å². The van der Waals surface area contributed by atoms with Gasteiger partial charge in [-0.05, 0) is 59.6 Å². The third-order valence-electron chi connectivity index (χ3n) is 4.48. The van der Waals surface area contributed by atoms with Crippen LogP contribution in [-0.2, 0) is 14.8 Å². The van der Waals surface area contributed by atoms with Crippen LogP contribution >= 0.6 is 15.9 Å². The van der Waals surface area contributed by atoms with Crippen molar-refractivity contribution in [2.24, 2.45) is 5.10 Å². The third kappa shape index (κ3) is 5.38. The topological polar surface area (TPSA) is 101 Å². The molecule has 1 N–H and O–H groups in total. The summed E-state index contributed by atoms with van der Waals surface area (Å²) in [5.41, 5.74) is 3.41. The summed E-state index contributed by atoms with van der Waals surface area (Å²) in [6.07, 6.45) is 1.33. The lowest BCUT2D eigenvalue weighted by Gasteiger charge is -2.25. The summed E-state index contributed by atoms with van der Waals surface area (Å²) < 4.78 is 39.4. The van der Waals surface area contributed by atoms with Crippen LogP contribution in [0.2, 0.25) is 0 Å². The highest BCUT2D eigenvalue weighted by Crippen LogP contribution is 2.33. The van der Waals surface area contributed by atoms with Crippen LogP contribution in [-0.4, -0.2) is 34.2 Å². The normalized spacial score (nSPS) is 11.5. The number of hydrazone groups is 1. The number of rotatable bonds is 8. The number of carbonyl (C=O) groups is 1. The van der Waals surface area contributed by atoms with Crippen LogP contribution in [0.4, 0.5) is 5.69 Å². The highest BCUT2D eigenvalue weighted by atomic mass is 79.9. The smallest absolute Gasteiger partial charge is 0.264 e. The van der Waals surface area contributed by atoms with Crippen LogP contribution < -0.4 is 14.5 Å². The molecule has 3 aromatic rings. The van der Waals surface area contributed by atoms with Gasteiger partial charge in [-0.3, -0.25) is 9.10 Å². The molecule has 1 aromatic heterocycles. The van der Waals surface area contributed by atoms with Gasteiger partial charge in [0.05, 0.1) is 28.4 Å². The van der Waals surface area contributed by atoms with Crippen molar-refractivity contribution in [1.29, 1.82) is 0 Å². The summed E-state index contributed by atoms with van der Waals surface area (Å²) in [4.78, 5) is 12.7. The lowest BCUT2D eigenvalue weighted by Crippen LogP contribution is -2.39. The first-order valence-electron chi connectivity index (χ1n) is 9.52. The number of carbonyl (C=O) groups excluding carboxylic acids is 1. The van der Waals surface area contributed by atoms with E-state index in [1.807, 2.05) is 6.92 Å². The molecule has 1 amide bonds. The van der Waals surface area contributed by atoms with Crippen molar-refractivity contribution in [3.8, 4) is 5.75 Å². The SMILES string of the molecule is COc1ccc(C)cc1N(CC(=O)N/N=C/c1cc(Br)c(C)o1)S(=O)(=O)c1ccccc1. The minimum Gasteiger partial charge on any atom is -0.495 e. The van der Waals surface area contributed by atoms with Crippen LogP contribution in [0.15, 0.2) is 73.5 Å². The van der Waals surface area contributed by atoms with Gasteiger partial charge in [0.2, 0.25) is 0 Å². The Morgan fingerprint density at radius 3 is 2.53 bits per heavy atom. The number of methoxy groups -OCH3 is 1. The molecule has 0 aliphatic rings. The lowest BCUT2D eigenvalue weighted by atomic mass is 10.2. The molecule has 0 radical (unpaired) electrons. The van der Waals surface area contributed by atoms with Crippen molar-refractivity contribution in [3.05, 3.63) is 76.2 Å². The third-order valence-corrected chi connectivity index (χ3v) is 7.04. The maximum Gasteiger partial charge on any atom is 0.264 e. The second-order valence-electron chi connectivity index (χ2n) is 6.85. The number of aryl methyl sites for hydroxylation is 2. The molecule has 1 heterocycles. The molecule has 0 saturated carbocycles. The average Bonchev–Trinajstić information content (AvgIpc) is 3.09. The van der Waals surface area contributed by atoms with E-state index in [2.05, 4.69) is 26.5 Å². The molecule has 2 aromatic carbocycles. The van der Waals surface area contributed by atoms with Crippen molar-refractivity contribution in [2.45, 2.75) is 18.7 Å². The number of nitrogens with zero attached hydrogens (tertiary/aromatic N) is 2. The lowest BCUT2D eigenvalue weighted by molar-refractivity contribution is -0.119. The number of benzene rings is 2. The first-order valence-corrected chi connectivity index (χ1v) is 11.8. The number of ether oxygens (including phenoxy) is 1. The van der Waals surface area contributed by atoms with Gasteiger partial charge in [0.1, 0.15) is 23.8 Å². The van der Waals surface area contributed by atoms with Crippen molar-refractivity contribution in [2.75, 3.05) is 18.0 Å². The van der Waals surface area contributed by atoms with Gasteiger partial charge in [-0.15, -0.1) is 0 Å². The first-order chi connectivity index (χ1) is 15.2. The van der Waals surface area contributed by atoms with Gasteiger partial charge in [0.15, 0.2) is 0 Å². The summed E-state index contributed by atoms with van der Waals surface area (Å²) in [5.74, 6) is 0.794. The minimum absolute atomic E-state index is 0.0516. The number of furan rings is 1. The Morgan fingerprint density at radius 2 is 1.91 bits per heavy atom. The van der Waals surface area contributed by atoms with Crippen LogP contribution in [0.5, 0.6) is 5.75 Å². The number of anilines is 1. The Hall–Kier alpha value is -3.11. The van der Waals surface area contributed by atoms with E-state index < -0.39 is 22.5 Å². The predicted molar refractivity (Wildman–Crippen MR) is 126 cm³/mol. The number of sulfonamides is 1. The molecule has 0 aliphatic carbocycles. The second kappa shape index (κ2) is 10.0. The number of amides is 1. The molecule has 8 nitrogen and oxygen atoms in total. The standard InChI is InChI=1S/C22H22BrN3O5S/c1-15-9-10-21(30-3)20(11-15)26(32(28,29)18-7-5-4-6-8-18)14-22(27)25-24-13-17-12-19(23)16(2)31-17/h4-13H,14H2,1-3H3,(H,25,27)/b24-13+. The Balaban J connectivity index is 1.91. The fourth-order valence-electron chi connectivity index (χ4n) is 2.89. The zero-order chi connectivity index (χ0) is 23.3. The van der Waals surface area contributed by atoms with Gasteiger partial charge in [0.25, 0.3) is 15.9 Å². The summed E-state index contributed by atoms with van der Waals surface area (Å²) in [6, 6.07) is 14.7. The van der Waals surface area contributed by atoms with Gasteiger partial charge in [-0.2, -0.15) is 5.10 Å². The number of hydrogen-bond acceptors (Lipinski definition) is 6. The van der Waals surface area contributed by atoms with E-state index in [9.17, 15) is 13.2 Å². The highest BCUT2D eigenvalue weighted by molar-refractivity contribution is 9.10. The zero-order valence-electron chi connectivity index (χ0n) is 17.7. The Morgan fingerprint density at radius 1 is 1.19 bits per heavy atom. The molecule has 32 heavy (non-hydrogen) atoms. The minimum atomic E-state index is -4.06. The molecule has 10 heteroatoms. The van der Waals surface area contributed by atoms with E-state index in [1.54, 1.807) is 49.4 Å². The summed E-state index contributed by atoms with van der Waals surface area (Å²) in [7, 11) is -2.62. The fourth-order valence-corrected chi connectivity index (χ4v) is 4.64. The predicted octanol–water partition coefficient (Wildman–Crippen LogP) is 4.01. The van der Waals surface area contributed by atoms with Crippen molar-refractivity contribution < 1.29 is 22.4 Å². The Bertz CT molecular complexity index is 1220. The average molecular weight is 520 g/mol. The quantitative estimate of drug-likeness (QED) is 0.357. The van der Waals surface area contributed by atoms with Gasteiger partial charge in [-0.25, -0.2) is 13.8 Å². The maximum absolute atomic E-state index is 13.4. The van der Waals surface area contributed by atoms with Gasteiger partial charge in [0, 0.05) is 6.07 Å². The van der Waals surface area contributed by atoms with Gasteiger partial charge < -0.3 is 9.15 Å². The number of halogens is 1. The molecule has 0 atom stereocenters. The molecule has 168 valence electrons. The molecular weight excluding hydrogens is 498 g/mol. The Labute approximate surface area is 195 Å². The van der Waals surface area contributed by atoms with Crippen molar-refractivity contribution >= 4 is 43.8 Å². The maximum atomic E-state index is 13.4.